The smallest absolute Gasteiger partial charge is 0.0496 e. The van der Waals surface area contributed by atoms with Gasteiger partial charge in [-0.15, -0.1) is 0 Å². The number of halogens is 1. The monoisotopic (exact) mass is 278 g/mol. The third-order valence-corrected chi connectivity index (χ3v) is 4.10. The van der Waals surface area contributed by atoms with E-state index < -0.39 is 0 Å². The Hall–Kier alpha value is -0.800. The van der Waals surface area contributed by atoms with Gasteiger partial charge in [-0.2, -0.15) is 0 Å². The van der Waals surface area contributed by atoms with Gasteiger partial charge in [-0.05, 0) is 49.4 Å². The molecule has 84 valence electrons. The van der Waals surface area contributed by atoms with Crippen LogP contribution in [0.3, 0.4) is 0 Å². The zero-order valence-electron chi connectivity index (χ0n) is 9.33. The van der Waals surface area contributed by atoms with Crippen molar-refractivity contribution in [3.63, 3.8) is 0 Å². The number of aryl methyl sites for hydroxylation is 2. The molecule has 0 aliphatic heterocycles. The lowest BCUT2D eigenvalue weighted by molar-refractivity contribution is 0.560. The fourth-order valence-corrected chi connectivity index (χ4v) is 3.20. The van der Waals surface area contributed by atoms with Gasteiger partial charge in [0.05, 0.1) is 0 Å². The highest BCUT2D eigenvalue weighted by Gasteiger charge is 2.23. The van der Waals surface area contributed by atoms with Crippen molar-refractivity contribution in [2.24, 2.45) is 5.73 Å². The molecule has 2 heterocycles. The summed E-state index contributed by atoms with van der Waals surface area (Å²) in [6, 6.07) is 4.50. The van der Waals surface area contributed by atoms with Crippen molar-refractivity contribution in [1.82, 2.24) is 4.40 Å². The molecule has 1 atom stereocenters. The minimum Gasteiger partial charge on any atom is -0.324 e. The largest absolute Gasteiger partial charge is 0.324 e. The Kier molecular flexibility index (Phi) is 2.33. The molecule has 0 amide bonds. The zero-order chi connectivity index (χ0) is 11.3. The van der Waals surface area contributed by atoms with Gasteiger partial charge in [0.15, 0.2) is 0 Å². The molecular weight excluding hydrogens is 264 g/mol. The summed E-state index contributed by atoms with van der Waals surface area (Å²) in [6.07, 6.45) is 5.62. The number of aromatic nitrogens is 1. The van der Waals surface area contributed by atoms with Crippen molar-refractivity contribution in [1.29, 1.82) is 0 Å². The van der Waals surface area contributed by atoms with Crippen molar-refractivity contribution < 1.29 is 0 Å². The summed E-state index contributed by atoms with van der Waals surface area (Å²) in [7, 11) is 0. The minimum atomic E-state index is 0.224. The molecule has 0 saturated heterocycles. The van der Waals surface area contributed by atoms with E-state index in [1.165, 1.54) is 28.8 Å². The van der Waals surface area contributed by atoms with Crippen LogP contribution >= 0.6 is 15.9 Å². The summed E-state index contributed by atoms with van der Waals surface area (Å²) in [5.74, 6) is 0. The summed E-state index contributed by atoms with van der Waals surface area (Å²) < 4.78 is 3.43. The van der Waals surface area contributed by atoms with E-state index in [9.17, 15) is 0 Å². The van der Waals surface area contributed by atoms with Gasteiger partial charge in [-0.25, -0.2) is 0 Å². The standard InChI is InChI=1S/C13H15BrN2/c1-8-12-7-9(14)5-6-16(12)11-4-2-3-10(15)13(8)11/h5-7,10H,2-4,15H2,1H3. The number of nitrogens with two attached hydrogens (primary N) is 1. The Morgan fingerprint density at radius 2 is 2.31 bits per heavy atom. The van der Waals surface area contributed by atoms with Crippen molar-refractivity contribution in [3.8, 4) is 0 Å². The molecule has 2 aromatic rings. The molecule has 1 unspecified atom stereocenters. The first kappa shape index (κ1) is 10.4. The van der Waals surface area contributed by atoms with Gasteiger partial charge >= 0.3 is 0 Å². The van der Waals surface area contributed by atoms with Crippen LogP contribution in [0.15, 0.2) is 22.8 Å². The first-order valence-corrected chi connectivity index (χ1v) is 6.52. The normalized spacial score (nSPS) is 20.1. The SMILES string of the molecule is Cc1c2c(n3ccc(Br)cc13)CCCC2N. The molecule has 0 spiro atoms. The zero-order valence-corrected chi connectivity index (χ0v) is 10.9. The average Bonchev–Trinajstić information content (AvgIpc) is 2.54. The Bertz CT molecular complexity index is 557. The van der Waals surface area contributed by atoms with E-state index >= 15 is 0 Å². The van der Waals surface area contributed by atoms with E-state index in [-0.39, 0.29) is 6.04 Å². The molecule has 3 heteroatoms. The van der Waals surface area contributed by atoms with Crippen molar-refractivity contribution >= 4 is 21.4 Å². The maximum atomic E-state index is 6.22. The van der Waals surface area contributed by atoms with Crippen molar-refractivity contribution in [3.05, 3.63) is 39.6 Å². The Morgan fingerprint density at radius 1 is 1.50 bits per heavy atom. The summed E-state index contributed by atoms with van der Waals surface area (Å²) >= 11 is 3.53. The van der Waals surface area contributed by atoms with Crippen molar-refractivity contribution in [2.45, 2.75) is 32.2 Å². The summed E-state index contributed by atoms with van der Waals surface area (Å²) in [5.41, 5.74) is 11.7. The van der Waals surface area contributed by atoms with E-state index in [1.807, 2.05) is 0 Å². The van der Waals surface area contributed by atoms with E-state index in [0.717, 1.165) is 17.3 Å². The second-order valence-corrected chi connectivity index (χ2v) is 5.50. The third-order valence-electron chi connectivity index (χ3n) is 3.61. The maximum absolute atomic E-state index is 6.22. The van der Waals surface area contributed by atoms with E-state index in [0.29, 0.717) is 0 Å². The topological polar surface area (TPSA) is 30.4 Å². The van der Waals surface area contributed by atoms with E-state index in [2.05, 4.69) is 45.6 Å². The van der Waals surface area contributed by atoms with Crippen LogP contribution in [0.4, 0.5) is 0 Å². The van der Waals surface area contributed by atoms with Crippen molar-refractivity contribution in [2.75, 3.05) is 0 Å². The van der Waals surface area contributed by atoms with E-state index in [1.54, 1.807) is 0 Å². The lowest BCUT2D eigenvalue weighted by Crippen LogP contribution is -2.17. The molecule has 0 aromatic carbocycles. The third kappa shape index (κ3) is 1.35. The van der Waals surface area contributed by atoms with Gasteiger partial charge in [0.1, 0.15) is 0 Å². The quantitative estimate of drug-likeness (QED) is 0.787. The van der Waals surface area contributed by atoms with Crippen LogP contribution in [0, 0.1) is 6.92 Å². The summed E-state index contributed by atoms with van der Waals surface area (Å²) in [6.45, 7) is 2.19. The molecule has 2 aromatic heterocycles. The number of pyridine rings is 1. The molecule has 0 radical (unpaired) electrons. The van der Waals surface area contributed by atoms with Crippen LogP contribution in [-0.2, 0) is 6.42 Å². The lowest BCUT2D eigenvalue weighted by Gasteiger charge is -2.19. The molecule has 2 N–H and O–H groups in total. The molecule has 3 rings (SSSR count). The first-order valence-electron chi connectivity index (χ1n) is 5.73. The first-order chi connectivity index (χ1) is 7.68. The minimum absolute atomic E-state index is 0.224. The van der Waals surface area contributed by atoms with Gasteiger partial charge in [0.2, 0.25) is 0 Å². The molecule has 1 aliphatic carbocycles. The van der Waals surface area contributed by atoms with Gasteiger partial charge < -0.3 is 10.1 Å². The number of rotatable bonds is 0. The highest BCUT2D eigenvalue weighted by molar-refractivity contribution is 9.10. The van der Waals surface area contributed by atoms with Crippen LogP contribution < -0.4 is 5.73 Å². The highest BCUT2D eigenvalue weighted by Crippen LogP contribution is 2.35. The molecule has 0 fully saturated rings. The highest BCUT2D eigenvalue weighted by atomic mass is 79.9. The number of fused-ring (bicyclic) bond motifs is 3. The maximum Gasteiger partial charge on any atom is 0.0496 e. The Labute approximate surface area is 104 Å². The van der Waals surface area contributed by atoms with Crippen LogP contribution in [-0.4, -0.2) is 4.40 Å². The van der Waals surface area contributed by atoms with Gasteiger partial charge in [-0.1, -0.05) is 15.9 Å². The predicted molar refractivity (Wildman–Crippen MR) is 69.7 cm³/mol. The molecule has 1 aliphatic rings. The molecule has 2 nitrogen and oxygen atoms in total. The van der Waals surface area contributed by atoms with Gasteiger partial charge in [-0.3, -0.25) is 0 Å². The fourth-order valence-electron chi connectivity index (χ4n) is 2.86. The Morgan fingerprint density at radius 3 is 3.12 bits per heavy atom. The fraction of sp³-hybridized carbons (Fsp3) is 0.385. The van der Waals surface area contributed by atoms with Crippen LogP contribution in [0.25, 0.3) is 5.52 Å². The summed E-state index contributed by atoms with van der Waals surface area (Å²) in [4.78, 5) is 0. The second-order valence-electron chi connectivity index (χ2n) is 4.58. The lowest BCUT2D eigenvalue weighted by atomic mass is 9.91. The van der Waals surface area contributed by atoms with Crippen LogP contribution in [0.5, 0.6) is 0 Å². The van der Waals surface area contributed by atoms with Crippen LogP contribution in [0.2, 0.25) is 0 Å². The second kappa shape index (κ2) is 3.60. The number of hydrogen-bond donors (Lipinski definition) is 1. The molecule has 16 heavy (non-hydrogen) atoms. The van der Waals surface area contributed by atoms with Crippen LogP contribution in [0.1, 0.15) is 35.7 Å². The summed E-state index contributed by atoms with van der Waals surface area (Å²) in [5, 5.41) is 0. The predicted octanol–water partition coefficient (Wildman–Crippen LogP) is 3.35. The van der Waals surface area contributed by atoms with Gasteiger partial charge in [0, 0.05) is 27.9 Å². The molecule has 0 saturated carbocycles. The average molecular weight is 279 g/mol. The number of nitrogens with zero attached hydrogens (tertiary/aromatic N) is 1. The molecular formula is C13H15BrN2. The van der Waals surface area contributed by atoms with E-state index in [4.69, 9.17) is 5.73 Å². The van der Waals surface area contributed by atoms with Gasteiger partial charge in [0.25, 0.3) is 0 Å². The molecule has 0 bridgehead atoms. The number of hydrogen-bond acceptors (Lipinski definition) is 1. The Balaban J connectivity index is 2.38.